The SMILES string of the molecule is CON(C)C(=O)[C@@H]1[C@H](C(C)=O)[C@H]2CC[C@@H]1O2. The summed E-state index contributed by atoms with van der Waals surface area (Å²) in [5, 5.41) is 1.19. The van der Waals surface area contributed by atoms with Crippen molar-refractivity contribution in [2.45, 2.75) is 32.0 Å². The molecule has 0 aromatic rings. The van der Waals surface area contributed by atoms with Gasteiger partial charge in [0.15, 0.2) is 0 Å². The van der Waals surface area contributed by atoms with E-state index in [1.165, 1.54) is 19.1 Å². The van der Waals surface area contributed by atoms with E-state index in [0.29, 0.717) is 0 Å². The van der Waals surface area contributed by atoms with E-state index in [1.807, 2.05) is 0 Å². The van der Waals surface area contributed by atoms with Crippen LogP contribution in [0.5, 0.6) is 0 Å². The van der Waals surface area contributed by atoms with Crippen molar-refractivity contribution in [3.63, 3.8) is 0 Å². The van der Waals surface area contributed by atoms with Gasteiger partial charge in [0.25, 0.3) is 5.91 Å². The van der Waals surface area contributed by atoms with E-state index >= 15 is 0 Å². The molecule has 2 saturated heterocycles. The lowest BCUT2D eigenvalue weighted by molar-refractivity contribution is -0.176. The van der Waals surface area contributed by atoms with E-state index in [9.17, 15) is 9.59 Å². The highest BCUT2D eigenvalue weighted by molar-refractivity contribution is 5.88. The van der Waals surface area contributed by atoms with Crippen molar-refractivity contribution >= 4 is 11.7 Å². The quantitative estimate of drug-likeness (QED) is 0.654. The fraction of sp³-hybridized carbons (Fsp3) is 0.818. The first-order valence-electron chi connectivity index (χ1n) is 5.54. The van der Waals surface area contributed by atoms with Gasteiger partial charge in [0, 0.05) is 7.05 Å². The van der Waals surface area contributed by atoms with Gasteiger partial charge in [-0.25, -0.2) is 5.06 Å². The van der Waals surface area contributed by atoms with E-state index < -0.39 is 0 Å². The van der Waals surface area contributed by atoms with Gasteiger partial charge in [-0.15, -0.1) is 0 Å². The molecule has 0 spiro atoms. The van der Waals surface area contributed by atoms with Crippen molar-refractivity contribution < 1.29 is 19.2 Å². The van der Waals surface area contributed by atoms with Gasteiger partial charge in [0.05, 0.1) is 31.2 Å². The number of rotatable bonds is 3. The molecule has 2 aliphatic heterocycles. The van der Waals surface area contributed by atoms with Crippen LogP contribution in [0.25, 0.3) is 0 Å². The summed E-state index contributed by atoms with van der Waals surface area (Å²) in [5.74, 6) is -0.769. The highest BCUT2D eigenvalue weighted by Crippen LogP contribution is 2.44. The smallest absolute Gasteiger partial charge is 0.252 e. The Balaban J connectivity index is 2.19. The number of ketones is 1. The van der Waals surface area contributed by atoms with E-state index in [1.54, 1.807) is 7.05 Å². The van der Waals surface area contributed by atoms with Crippen LogP contribution in [-0.2, 0) is 19.2 Å². The average molecular weight is 227 g/mol. The first kappa shape index (κ1) is 11.5. The molecule has 0 N–H and O–H groups in total. The zero-order valence-electron chi connectivity index (χ0n) is 9.80. The van der Waals surface area contributed by atoms with Crippen LogP contribution in [0.1, 0.15) is 19.8 Å². The van der Waals surface area contributed by atoms with Crippen LogP contribution < -0.4 is 0 Å². The van der Waals surface area contributed by atoms with Crippen LogP contribution in [0.15, 0.2) is 0 Å². The molecule has 0 aromatic carbocycles. The van der Waals surface area contributed by atoms with Crippen LogP contribution in [0.2, 0.25) is 0 Å². The zero-order chi connectivity index (χ0) is 11.9. The van der Waals surface area contributed by atoms with Gasteiger partial charge in [-0.05, 0) is 19.8 Å². The summed E-state index contributed by atoms with van der Waals surface area (Å²) in [6.45, 7) is 1.53. The third-order valence-corrected chi connectivity index (χ3v) is 3.61. The molecule has 0 radical (unpaired) electrons. The highest BCUT2D eigenvalue weighted by atomic mass is 16.7. The van der Waals surface area contributed by atoms with Crippen molar-refractivity contribution in [2.75, 3.05) is 14.2 Å². The van der Waals surface area contributed by atoms with Gasteiger partial charge in [0.1, 0.15) is 5.78 Å². The summed E-state index contributed by atoms with van der Waals surface area (Å²) in [6.07, 6.45) is 1.57. The average Bonchev–Trinajstić information content (AvgIpc) is 2.85. The number of Topliss-reactive ketones (excluding diaryl/α,β-unsaturated/α-hetero) is 1. The van der Waals surface area contributed by atoms with E-state index in [-0.39, 0.29) is 35.7 Å². The summed E-state index contributed by atoms with van der Waals surface area (Å²) in [6, 6.07) is 0. The molecule has 0 aromatic heterocycles. The predicted octanol–water partition coefficient (Wildman–Crippen LogP) is 0.389. The monoisotopic (exact) mass is 227 g/mol. The second kappa shape index (κ2) is 4.14. The largest absolute Gasteiger partial charge is 0.373 e. The number of ether oxygens (including phenoxy) is 1. The Morgan fingerprint density at radius 2 is 1.81 bits per heavy atom. The normalized spacial score (nSPS) is 36.4. The lowest BCUT2D eigenvalue weighted by Crippen LogP contribution is -2.43. The molecule has 1 amide bonds. The first-order chi connectivity index (χ1) is 7.56. The lowest BCUT2D eigenvalue weighted by Gasteiger charge is -2.27. The van der Waals surface area contributed by atoms with Crippen LogP contribution in [-0.4, -0.2) is 43.1 Å². The fourth-order valence-corrected chi connectivity index (χ4v) is 2.81. The molecule has 5 nitrogen and oxygen atoms in total. The number of fused-ring (bicyclic) bond motifs is 2. The summed E-state index contributed by atoms with van der Waals surface area (Å²) in [4.78, 5) is 28.5. The highest BCUT2D eigenvalue weighted by Gasteiger charge is 2.54. The van der Waals surface area contributed by atoms with E-state index in [0.717, 1.165) is 12.8 Å². The van der Waals surface area contributed by atoms with Gasteiger partial charge in [-0.3, -0.25) is 14.4 Å². The molecule has 2 heterocycles. The van der Waals surface area contributed by atoms with Gasteiger partial charge in [-0.2, -0.15) is 0 Å². The van der Waals surface area contributed by atoms with Gasteiger partial charge < -0.3 is 4.74 Å². The number of nitrogens with zero attached hydrogens (tertiary/aromatic N) is 1. The zero-order valence-corrected chi connectivity index (χ0v) is 9.80. The van der Waals surface area contributed by atoms with Crippen molar-refractivity contribution in [3.8, 4) is 0 Å². The van der Waals surface area contributed by atoms with Crippen LogP contribution in [0.3, 0.4) is 0 Å². The lowest BCUT2D eigenvalue weighted by atomic mass is 9.77. The molecule has 0 aliphatic carbocycles. The molecule has 16 heavy (non-hydrogen) atoms. The van der Waals surface area contributed by atoms with Crippen LogP contribution in [0.4, 0.5) is 0 Å². The van der Waals surface area contributed by atoms with Crippen molar-refractivity contribution in [1.29, 1.82) is 0 Å². The fourth-order valence-electron chi connectivity index (χ4n) is 2.81. The molecular formula is C11H17NO4. The molecule has 90 valence electrons. The third-order valence-electron chi connectivity index (χ3n) is 3.61. The number of hydrogen-bond acceptors (Lipinski definition) is 4. The van der Waals surface area contributed by atoms with E-state index in [2.05, 4.69) is 0 Å². The number of hydrogen-bond donors (Lipinski definition) is 0. The first-order valence-corrected chi connectivity index (χ1v) is 5.54. The minimum atomic E-state index is -0.360. The van der Waals surface area contributed by atoms with Crippen molar-refractivity contribution in [1.82, 2.24) is 5.06 Å². The molecule has 0 saturated carbocycles. The summed E-state index contributed by atoms with van der Waals surface area (Å²) in [5.41, 5.74) is 0. The van der Waals surface area contributed by atoms with Crippen LogP contribution in [0, 0.1) is 11.8 Å². The van der Waals surface area contributed by atoms with Crippen LogP contribution >= 0.6 is 0 Å². The summed E-state index contributed by atoms with van der Waals surface area (Å²) in [7, 11) is 3.00. The summed E-state index contributed by atoms with van der Waals surface area (Å²) >= 11 is 0. The third kappa shape index (κ3) is 1.64. The molecule has 2 fully saturated rings. The summed E-state index contributed by atoms with van der Waals surface area (Å²) < 4.78 is 5.65. The maximum Gasteiger partial charge on any atom is 0.252 e. The van der Waals surface area contributed by atoms with E-state index in [4.69, 9.17) is 9.57 Å². The van der Waals surface area contributed by atoms with Gasteiger partial charge in [-0.1, -0.05) is 0 Å². The standard InChI is InChI=1S/C11H17NO4/c1-6(13)9-7-4-5-8(16-7)10(9)11(14)12(2)15-3/h7-10H,4-5H2,1-3H3/t7-,8+,9-,10+/m1/s1. The second-order valence-corrected chi connectivity index (χ2v) is 4.47. The topological polar surface area (TPSA) is 55.8 Å². The number of amides is 1. The maximum absolute atomic E-state index is 12.0. The minimum Gasteiger partial charge on any atom is -0.373 e. The molecule has 4 atom stereocenters. The Morgan fingerprint density at radius 3 is 2.31 bits per heavy atom. The Labute approximate surface area is 94.6 Å². The molecule has 2 bridgehead atoms. The Hall–Kier alpha value is -0.940. The molecule has 5 heteroatoms. The Morgan fingerprint density at radius 1 is 1.25 bits per heavy atom. The number of hydroxylamine groups is 2. The predicted molar refractivity (Wildman–Crippen MR) is 55.3 cm³/mol. The minimum absolute atomic E-state index is 0.0371. The molecular weight excluding hydrogens is 210 g/mol. The van der Waals surface area contributed by atoms with Crippen molar-refractivity contribution in [2.24, 2.45) is 11.8 Å². The Bertz CT molecular complexity index is 317. The second-order valence-electron chi connectivity index (χ2n) is 4.47. The Kier molecular flexibility index (Phi) is 2.99. The maximum atomic E-state index is 12.0. The number of carbonyl (C=O) groups excluding carboxylic acids is 2. The van der Waals surface area contributed by atoms with Gasteiger partial charge in [0.2, 0.25) is 0 Å². The molecule has 0 unspecified atom stereocenters. The van der Waals surface area contributed by atoms with Gasteiger partial charge >= 0.3 is 0 Å². The molecule has 2 rings (SSSR count). The molecule has 2 aliphatic rings. The van der Waals surface area contributed by atoms with Crippen molar-refractivity contribution in [3.05, 3.63) is 0 Å². The number of carbonyl (C=O) groups is 2.